The molecule has 1 heterocycles. The van der Waals surface area contributed by atoms with Crippen molar-refractivity contribution < 1.29 is 0 Å². The molecule has 0 aromatic carbocycles. The van der Waals surface area contributed by atoms with Crippen molar-refractivity contribution in [2.24, 2.45) is 11.7 Å². The molecule has 2 N–H and O–H groups in total. The summed E-state index contributed by atoms with van der Waals surface area (Å²) in [6.07, 6.45) is 9.66. The van der Waals surface area contributed by atoms with Crippen molar-refractivity contribution in [3.63, 3.8) is 0 Å². The van der Waals surface area contributed by atoms with Gasteiger partial charge >= 0.3 is 0 Å². The second-order valence-corrected chi connectivity index (χ2v) is 6.56. The molecule has 1 aliphatic carbocycles. The molecule has 0 bridgehead atoms. The second-order valence-electron chi connectivity index (χ2n) is 6.56. The van der Waals surface area contributed by atoms with E-state index in [0.29, 0.717) is 6.04 Å². The highest BCUT2D eigenvalue weighted by Gasteiger charge is 2.25. The Morgan fingerprint density at radius 2 is 1.89 bits per heavy atom. The van der Waals surface area contributed by atoms with Gasteiger partial charge in [-0.15, -0.1) is 0 Å². The zero-order chi connectivity index (χ0) is 13.0. The number of likely N-dealkylation sites (N-methyl/N-ethyl adjacent to an activating group) is 2. The number of nitrogens with zero attached hydrogens (tertiary/aromatic N) is 2. The van der Waals surface area contributed by atoms with Crippen LogP contribution < -0.4 is 5.73 Å². The summed E-state index contributed by atoms with van der Waals surface area (Å²) in [5, 5.41) is 0. The summed E-state index contributed by atoms with van der Waals surface area (Å²) in [7, 11) is 4.50. The molecule has 2 rings (SSSR count). The lowest BCUT2D eigenvalue weighted by Gasteiger charge is -2.32. The average molecular weight is 253 g/mol. The van der Waals surface area contributed by atoms with Gasteiger partial charge in [0.25, 0.3) is 0 Å². The van der Waals surface area contributed by atoms with Crippen LogP contribution in [0.5, 0.6) is 0 Å². The van der Waals surface area contributed by atoms with E-state index < -0.39 is 0 Å². The highest BCUT2D eigenvalue weighted by molar-refractivity contribution is 4.82. The van der Waals surface area contributed by atoms with Crippen LogP contribution >= 0.6 is 0 Å². The van der Waals surface area contributed by atoms with Gasteiger partial charge in [-0.2, -0.15) is 0 Å². The summed E-state index contributed by atoms with van der Waals surface area (Å²) in [6, 6.07) is 1.15. The van der Waals surface area contributed by atoms with Crippen LogP contribution in [0.3, 0.4) is 0 Å². The van der Waals surface area contributed by atoms with Crippen molar-refractivity contribution in [2.75, 3.05) is 33.7 Å². The maximum Gasteiger partial charge on any atom is 0.0220 e. The number of rotatable bonds is 5. The molecule has 3 nitrogen and oxygen atoms in total. The van der Waals surface area contributed by atoms with Crippen molar-refractivity contribution in [3.8, 4) is 0 Å². The third-order valence-electron chi connectivity index (χ3n) is 4.97. The Balaban J connectivity index is 1.70. The zero-order valence-electron chi connectivity index (χ0n) is 12.3. The molecule has 18 heavy (non-hydrogen) atoms. The van der Waals surface area contributed by atoms with Gasteiger partial charge in [0.05, 0.1) is 0 Å². The van der Waals surface area contributed by atoms with Gasteiger partial charge in [-0.05, 0) is 52.2 Å². The molecular formula is C15H31N3. The number of hydrogen-bond acceptors (Lipinski definition) is 3. The van der Waals surface area contributed by atoms with E-state index in [9.17, 15) is 0 Å². The van der Waals surface area contributed by atoms with Crippen molar-refractivity contribution in [3.05, 3.63) is 0 Å². The van der Waals surface area contributed by atoms with Crippen LogP contribution in [0.1, 0.15) is 44.9 Å². The van der Waals surface area contributed by atoms with Crippen LogP contribution in [0.2, 0.25) is 0 Å². The quantitative estimate of drug-likeness (QED) is 0.812. The standard InChI is InChI=1S/C15H31N3/c1-17(11-14-9-6-10-18(14)2)12-15(16)13-7-4-3-5-8-13/h13-15H,3-12,16H2,1-2H3. The molecule has 0 amide bonds. The molecule has 1 saturated heterocycles. The molecular weight excluding hydrogens is 222 g/mol. The van der Waals surface area contributed by atoms with Crippen molar-refractivity contribution in [1.82, 2.24) is 9.80 Å². The zero-order valence-corrected chi connectivity index (χ0v) is 12.3. The van der Waals surface area contributed by atoms with Gasteiger partial charge in [-0.3, -0.25) is 0 Å². The monoisotopic (exact) mass is 253 g/mol. The minimum atomic E-state index is 0.391. The first kappa shape index (κ1) is 14.3. The van der Waals surface area contributed by atoms with Crippen molar-refractivity contribution in [2.45, 2.75) is 57.0 Å². The smallest absolute Gasteiger partial charge is 0.0220 e. The van der Waals surface area contributed by atoms with Gasteiger partial charge in [0.2, 0.25) is 0 Å². The van der Waals surface area contributed by atoms with E-state index in [1.54, 1.807) is 0 Å². The van der Waals surface area contributed by atoms with E-state index in [-0.39, 0.29) is 0 Å². The molecule has 2 fully saturated rings. The molecule has 106 valence electrons. The Kier molecular flexibility index (Phi) is 5.46. The maximum absolute atomic E-state index is 6.40. The predicted octanol–water partition coefficient (Wildman–Crippen LogP) is 1.92. The van der Waals surface area contributed by atoms with Gasteiger partial charge in [0.15, 0.2) is 0 Å². The van der Waals surface area contributed by atoms with Gasteiger partial charge in [-0.1, -0.05) is 19.3 Å². The highest BCUT2D eigenvalue weighted by Crippen LogP contribution is 2.26. The summed E-state index contributed by atoms with van der Waals surface area (Å²) < 4.78 is 0. The molecule has 0 aromatic rings. The van der Waals surface area contributed by atoms with Crippen molar-refractivity contribution >= 4 is 0 Å². The molecule has 3 heteroatoms. The normalized spacial score (nSPS) is 29.0. The largest absolute Gasteiger partial charge is 0.326 e. The fourth-order valence-corrected chi connectivity index (χ4v) is 3.72. The first-order valence-corrected chi connectivity index (χ1v) is 7.81. The Morgan fingerprint density at radius 3 is 2.50 bits per heavy atom. The van der Waals surface area contributed by atoms with Gasteiger partial charge in [0, 0.05) is 25.2 Å². The fraction of sp³-hybridized carbons (Fsp3) is 1.00. The third-order valence-corrected chi connectivity index (χ3v) is 4.97. The van der Waals surface area contributed by atoms with E-state index in [0.717, 1.165) is 18.5 Å². The molecule has 2 aliphatic rings. The Bertz CT molecular complexity index is 238. The lowest BCUT2D eigenvalue weighted by Crippen LogP contribution is -2.45. The summed E-state index contributed by atoms with van der Waals surface area (Å²) >= 11 is 0. The van der Waals surface area contributed by atoms with Gasteiger partial charge in [-0.25, -0.2) is 0 Å². The molecule has 0 spiro atoms. The van der Waals surface area contributed by atoms with Gasteiger partial charge in [0.1, 0.15) is 0 Å². The molecule has 0 radical (unpaired) electrons. The molecule has 1 saturated carbocycles. The third kappa shape index (κ3) is 3.94. The lowest BCUT2D eigenvalue weighted by molar-refractivity contribution is 0.188. The van der Waals surface area contributed by atoms with E-state index in [1.807, 2.05) is 0 Å². The van der Waals surface area contributed by atoms with E-state index in [2.05, 4.69) is 23.9 Å². The maximum atomic E-state index is 6.40. The topological polar surface area (TPSA) is 32.5 Å². The van der Waals surface area contributed by atoms with Crippen LogP contribution in [0.15, 0.2) is 0 Å². The van der Waals surface area contributed by atoms with E-state index >= 15 is 0 Å². The summed E-state index contributed by atoms with van der Waals surface area (Å²) in [4.78, 5) is 4.97. The Hall–Kier alpha value is -0.120. The molecule has 1 aliphatic heterocycles. The minimum absolute atomic E-state index is 0.391. The number of hydrogen-bond donors (Lipinski definition) is 1. The number of nitrogens with two attached hydrogens (primary N) is 1. The first-order valence-electron chi connectivity index (χ1n) is 7.81. The van der Waals surface area contributed by atoms with E-state index in [4.69, 9.17) is 5.73 Å². The highest BCUT2D eigenvalue weighted by atomic mass is 15.2. The average Bonchev–Trinajstić information content (AvgIpc) is 2.76. The molecule has 0 aromatic heterocycles. The van der Waals surface area contributed by atoms with E-state index in [1.165, 1.54) is 58.0 Å². The minimum Gasteiger partial charge on any atom is -0.326 e. The fourth-order valence-electron chi connectivity index (χ4n) is 3.72. The number of likely N-dealkylation sites (tertiary alicyclic amines) is 1. The summed E-state index contributed by atoms with van der Waals surface area (Å²) in [5.41, 5.74) is 6.40. The molecule has 2 unspecified atom stereocenters. The van der Waals surface area contributed by atoms with Crippen LogP contribution in [0, 0.1) is 5.92 Å². The predicted molar refractivity (Wildman–Crippen MR) is 77.7 cm³/mol. The van der Waals surface area contributed by atoms with Crippen LogP contribution in [-0.2, 0) is 0 Å². The second kappa shape index (κ2) is 6.88. The lowest BCUT2D eigenvalue weighted by atomic mass is 9.84. The van der Waals surface area contributed by atoms with Gasteiger partial charge < -0.3 is 15.5 Å². The molecule has 2 atom stereocenters. The van der Waals surface area contributed by atoms with Crippen molar-refractivity contribution in [1.29, 1.82) is 0 Å². The summed E-state index contributed by atoms with van der Waals surface area (Å²) in [6.45, 7) is 3.54. The summed E-state index contributed by atoms with van der Waals surface area (Å²) in [5.74, 6) is 0.780. The Morgan fingerprint density at radius 1 is 1.17 bits per heavy atom. The first-order chi connectivity index (χ1) is 8.66. The van der Waals surface area contributed by atoms with Crippen LogP contribution in [0.4, 0.5) is 0 Å². The Labute approximate surface area is 113 Å². The van der Waals surface area contributed by atoms with Crippen LogP contribution in [-0.4, -0.2) is 55.6 Å². The SMILES string of the molecule is CN(CC(N)C1CCCCC1)CC1CCCN1C. The van der Waals surface area contributed by atoms with Crippen LogP contribution in [0.25, 0.3) is 0 Å².